The standard InChI is InChI=1S/C8H16N2O4/c1-3-5(9)7(11)10-6(4-14-2)8(12)13/h5-6H,3-4,9H2,1-2H3,(H,10,11)(H,12,13)/t5-,6?/m0/s1. The highest BCUT2D eigenvalue weighted by Crippen LogP contribution is 1.90. The molecule has 6 nitrogen and oxygen atoms in total. The van der Waals surface area contributed by atoms with Gasteiger partial charge in [0, 0.05) is 7.11 Å². The number of amides is 1. The van der Waals surface area contributed by atoms with Gasteiger partial charge >= 0.3 is 5.97 Å². The molecular formula is C8H16N2O4. The highest BCUT2D eigenvalue weighted by Gasteiger charge is 2.21. The van der Waals surface area contributed by atoms with E-state index in [2.05, 4.69) is 10.1 Å². The van der Waals surface area contributed by atoms with Crippen molar-refractivity contribution < 1.29 is 19.4 Å². The van der Waals surface area contributed by atoms with Gasteiger partial charge in [0.15, 0.2) is 6.04 Å². The van der Waals surface area contributed by atoms with Crippen molar-refractivity contribution in [2.75, 3.05) is 13.7 Å². The summed E-state index contributed by atoms with van der Waals surface area (Å²) in [6, 6.07) is -1.71. The Balaban J connectivity index is 4.15. The van der Waals surface area contributed by atoms with E-state index in [4.69, 9.17) is 10.8 Å². The van der Waals surface area contributed by atoms with Gasteiger partial charge in [0.25, 0.3) is 0 Å². The summed E-state index contributed by atoms with van der Waals surface area (Å²) < 4.78 is 4.64. The largest absolute Gasteiger partial charge is 0.480 e. The molecule has 6 heteroatoms. The fourth-order valence-corrected chi connectivity index (χ4v) is 0.806. The zero-order chi connectivity index (χ0) is 11.1. The smallest absolute Gasteiger partial charge is 0.328 e. The second kappa shape index (κ2) is 6.33. The molecule has 0 aromatic heterocycles. The summed E-state index contributed by atoms with van der Waals surface area (Å²) in [5.74, 6) is -1.61. The van der Waals surface area contributed by atoms with Crippen LogP contribution in [0, 0.1) is 0 Å². The Bertz CT molecular complexity index is 208. The van der Waals surface area contributed by atoms with Crippen LogP contribution in [0.4, 0.5) is 0 Å². The van der Waals surface area contributed by atoms with E-state index in [-0.39, 0.29) is 6.61 Å². The van der Waals surface area contributed by atoms with Crippen LogP contribution in [0.15, 0.2) is 0 Å². The Hall–Kier alpha value is -1.14. The fourth-order valence-electron chi connectivity index (χ4n) is 0.806. The summed E-state index contributed by atoms with van der Waals surface area (Å²) in [6.45, 7) is 1.67. The van der Waals surface area contributed by atoms with Gasteiger partial charge in [-0.2, -0.15) is 0 Å². The molecule has 1 unspecified atom stereocenters. The minimum atomic E-state index is -1.14. The van der Waals surface area contributed by atoms with Crippen LogP contribution in [-0.4, -0.2) is 42.8 Å². The van der Waals surface area contributed by atoms with Crippen LogP contribution in [-0.2, 0) is 14.3 Å². The van der Waals surface area contributed by atoms with Crippen molar-refractivity contribution in [3.05, 3.63) is 0 Å². The zero-order valence-electron chi connectivity index (χ0n) is 8.32. The van der Waals surface area contributed by atoms with Crippen molar-refractivity contribution in [3.63, 3.8) is 0 Å². The number of carbonyl (C=O) groups excluding carboxylic acids is 1. The SMILES string of the molecule is CC[C@H](N)C(=O)NC(COC)C(=O)O. The molecule has 0 aliphatic rings. The summed E-state index contributed by atoms with van der Waals surface area (Å²) >= 11 is 0. The fraction of sp³-hybridized carbons (Fsp3) is 0.750. The van der Waals surface area contributed by atoms with Crippen LogP contribution >= 0.6 is 0 Å². The summed E-state index contributed by atoms with van der Waals surface area (Å²) in [6.07, 6.45) is 0.463. The van der Waals surface area contributed by atoms with E-state index in [0.29, 0.717) is 6.42 Å². The second-order valence-corrected chi connectivity index (χ2v) is 2.87. The summed E-state index contributed by atoms with van der Waals surface area (Å²) in [4.78, 5) is 21.8. The molecule has 2 atom stereocenters. The lowest BCUT2D eigenvalue weighted by Crippen LogP contribution is -2.50. The molecule has 0 rings (SSSR count). The van der Waals surface area contributed by atoms with Gasteiger partial charge in [-0.05, 0) is 6.42 Å². The summed E-state index contributed by atoms with van der Waals surface area (Å²) in [5.41, 5.74) is 5.42. The van der Waals surface area contributed by atoms with E-state index in [1.165, 1.54) is 7.11 Å². The van der Waals surface area contributed by atoms with Crippen LogP contribution < -0.4 is 11.1 Å². The molecule has 0 aromatic rings. The van der Waals surface area contributed by atoms with Gasteiger partial charge < -0.3 is 20.9 Å². The number of nitrogens with one attached hydrogen (secondary N) is 1. The maximum Gasteiger partial charge on any atom is 0.328 e. The first kappa shape index (κ1) is 12.9. The summed E-state index contributed by atoms with van der Waals surface area (Å²) in [5, 5.41) is 11.0. The molecular weight excluding hydrogens is 188 g/mol. The Morgan fingerprint density at radius 1 is 1.57 bits per heavy atom. The molecule has 0 fully saturated rings. The highest BCUT2D eigenvalue weighted by atomic mass is 16.5. The molecule has 0 aliphatic carbocycles. The third-order valence-corrected chi connectivity index (χ3v) is 1.72. The number of hydrogen-bond donors (Lipinski definition) is 3. The minimum Gasteiger partial charge on any atom is -0.480 e. The quantitative estimate of drug-likeness (QED) is 0.512. The van der Waals surface area contributed by atoms with Gasteiger partial charge in [-0.3, -0.25) is 4.79 Å². The molecule has 82 valence electrons. The van der Waals surface area contributed by atoms with E-state index in [9.17, 15) is 9.59 Å². The monoisotopic (exact) mass is 204 g/mol. The van der Waals surface area contributed by atoms with Crippen molar-refractivity contribution >= 4 is 11.9 Å². The Morgan fingerprint density at radius 3 is 2.50 bits per heavy atom. The average molecular weight is 204 g/mol. The van der Waals surface area contributed by atoms with E-state index < -0.39 is 24.0 Å². The number of carboxylic acids is 1. The van der Waals surface area contributed by atoms with Crippen LogP contribution in [0.5, 0.6) is 0 Å². The van der Waals surface area contributed by atoms with Crippen molar-refractivity contribution in [2.24, 2.45) is 5.73 Å². The van der Waals surface area contributed by atoms with Crippen molar-refractivity contribution in [2.45, 2.75) is 25.4 Å². The van der Waals surface area contributed by atoms with Gasteiger partial charge in [0.05, 0.1) is 12.6 Å². The lowest BCUT2D eigenvalue weighted by atomic mass is 10.2. The zero-order valence-corrected chi connectivity index (χ0v) is 8.32. The van der Waals surface area contributed by atoms with Crippen molar-refractivity contribution in [1.82, 2.24) is 5.32 Å². The first-order chi connectivity index (χ1) is 6.52. The van der Waals surface area contributed by atoms with E-state index in [0.717, 1.165) is 0 Å². The Kier molecular flexibility index (Phi) is 5.82. The maximum atomic E-state index is 11.2. The molecule has 0 radical (unpaired) electrons. The first-order valence-electron chi connectivity index (χ1n) is 4.30. The van der Waals surface area contributed by atoms with Crippen LogP contribution in [0.1, 0.15) is 13.3 Å². The van der Waals surface area contributed by atoms with E-state index in [1.54, 1.807) is 6.92 Å². The molecule has 0 heterocycles. The number of rotatable bonds is 6. The van der Waals surface area contributed by atoms with Crippen molar-refractivity contribution in [3.8, 4) is 0 Å². The van der Waals surface area contributed by atoms with Gasteiger partial charge in [-0.15, -0.1) is 0 Å². The number of ether oxygens (including phenoxy) is 1. The highest BCUT2D eigenvalue weighted by molar-refractivity contribution is 5.86. The van der Waals surface area contributed by atoms with Crippen LogP contribution in [0.2, 0.25) is 0 Å². The molecule has 0 saturated heterocycles. The van der Waals surface area contributed by atoms with Crippen molar-refractivity contribution in [1.29, 1.82) is 0 Å². The third kappa shape index (κ3) is 4.20. The molecule has 1 amide bonds. The van der Waals surface area contributed by atoms with Gasteiger partial charge in [0.2, 0.25) is 5.91 Å². The Labute approximate surface area is 82.4 Å². The van der Waals surface area contributed by atoms with Gasteiger partial charge in [-0.1, -0.05) is 6.92 Å². The molecule has 0 aromatic carbocycles. The average Bonchev–Trinajstić information content (AvgIpc) is 2.15. The number of carbonyl (C=O) groups is 2. The number of carboxylic acid groups (broad SMARTS) is 1. The first-order valence-corrected chi connectivity index (χ1v) is 4.30. The van der Waals surface area contributed by atoms with Crippen LogP contribution in [0.3, 0.4) is 0 Å². The van der Waals surface area contributed by atoms with Gasteiger partial charge in [-0.25, -0.2) is 4.79 Å². The number of nitrogens with two attached hydrogens (primary N) is 1. The number of aliphatic carboxylic acids is 1. The second-order valence-electron chi connectivity index (χ2n) is 2.87. The molecule has 14 heavy (non-hydrogen) atoms. The van der Waals surface area contributed by atoms with Crippen LogP contribution in [0.25, 0.3) is 0 Å². The molecule has 0 aliphatic heterocycles. The number of hydrogen-bond acceptors (Lipinski definition) is 4. The maximum absolute atomic E-state index is 11.2. The topological polar surface area (TPSA) is 102 Å². The Morgan fingerprint density at radius 2 is 2.14 bits per heavy atom. The third-order valence-electron chi connectivity index (χ3n) is 1.72. The van der Waals surface area contributed by atoms with E-state index in [1.807, 2.05) is 0 Å². The molecule has 0 spiro atoms. The normalized spacial score (nSPS) is 14.5. The molecule has 0 saturated carbocycles. The predicted molar refractivity (Wildman–Crippen MR) is 49.7 cm³/mol. The lowest BCUT2D eigenvalue weighted by Gasteiger charge is -2.15. The van der Waals surface area contributed by atoms with E-state index >= 15 is 0 Å². The minimum absolute atomic E-state index is 0.0719. The van der Waals surface area contributed by atoms with Gasteiger partial charge in [0.1, 0.15) is 0 Å². The number of methoxy groups -OCH3 is 1. The lowest BCUT2D eigenvalue weighted by molar-refractivity contribution is -0.143. The molecule has 0 bridgehead atoms. The predicted octanol–water partition coefficient (Wildman–Crippen LogP) is -1.06. The summed E-state index contributed by atoms with van der Waals surface area (Å²) in [7, 11) is 1.36. The molecule has 4 N–H and O–H groups in total.